The lowest BCUT2D eigenvalue weighted by atomic mass is 10.1. The number of anilines is 3. The van der Waals surface area contributed by atoms with Gasteiger partial charge in [0.15, 0.2) is 0 Å². The Balaban J connectivity index is 1.37. The second-order valence-electron chi connectivity index (χ2n) is 9.43. The third-order valence-electron chi connectivity index (χ3n) is 6.49. The Bertz CT molecular complexity index is 1170. The van der Waals surface area contributed by atoms with E-state index in [0.717, 1.165) is 72.8 Å². The maximum atomic E-state index is 6.37. The van der Waals surface area contributed by atoms with Crippen molar-refractivity contribution in [1.82, 2.24) is 15.3 Å². The molecule has 0 radical (unpaired) electrons. The predicted molar refractivity (Wildman–Crippen MR) is 143 cm³/mol. The summed E-state index contributed by atoms with van der Waals surface area (Å²) in [7, 11) is 0. The van der Waals surface area contributed by atoms with Gasteiger partial charge < -0.3 is 30.0 Å². The number of nitrogens with one attached hydrogen (secondary N) is 2. The van der Waals surface area contributed by atoms with E-state index in [1.54, 1.807) is 6.20 Å². The number of nitrogens with zero attached hydrogens (tertiary/aromatic N) is 2. The molecule has 2 aromatic carbocycles. The summed E-state index contributed by atoms with van der Waals surface area (Å²) in [4.78, 5) is 9.12. The molecule has 1 fully saturated rings. The van der Waals surface area contributed by atoms with E-state index in [9.17, 15) is 0 Å². The van der Waals surface area contributed by atoms with Crippen LogP contribution in [0.4, 0.5) is 17.3 Å². The molecule has 0 saturated carbocycles. The van der Waals surface area contributed by atoms with E-state index < -0.39 is 0 Å². The number of rotatable bonds is 3. The van der Waals surface area contributed by atoms with E-state index in [2.05, 4.69) is 15.6 Å². The summed E-state index contributed by atoms with van der Waals surface area (Å²) in [6.45, 7) is 5.19. The molecule has 196 valence electrons. The largest absolute Gasteiger partial charge is 0.493 e. The first-order valence-electron chi connectivity index (χ1n) is 12.9. The van der Waals surface area contributed by atoms with Crippen LogP contribution in [0.3, 0.4) is 0 Å². The molecule has 4 heterocycles. The Kier molecular flexibility index (Phi) is 8.81. The number of fused-ring (bicyclic) bond motifs is 11. The van der Waals surface area contributed by atoms with E-state index in [0.29, 0.717) is 50.7 Å². The molecule has 1 saturated heterocycles. The number of aromatic nitrogens is 2. The normalized spacial score (nSPS) is 19.1. The zero-order chi connectivity index (χ0) is 25.3. The Morgan fingerprint density at radius 1 is 1.00 bits per heavy atom. The number of hydrogen-bond acceptors (Lipinski definition) is 9. The van der Waals surface area contributed by atoms with Gasteiger partial charge in [0.2, 0.25) is 5.95 Å². The van der Waals surface area contributed by atoms with Crippen LogP contribution in [-0.2, 0) is 27.4 Å². The van der Waals surface area contributed by atoms with Crippen LogP contribution in [0.2, 0.25) is 0 Å². The molecule has 1 aromatic heterocycles. The van der Waals surface area contributed by atoms with Gasteiger partial charge in [-0.2, -0.15) is 0 Å². The standard InChI is InChI=1S/C28H35N5O4/c29-25-13-20-3-5-24(25)26-7-10-31-28(33-26)32-23-4-6-27(37-17-21-8-12-35-16-21)22(14-23)18-34-11-2-1-9-30-19-36-15-20/h3-7,10,13-14,21,30H,1-2,8-9,11-12,15-19,29H2,(H,31,32,33). The molecule has 6 bridgehead atoms. The SMILES string of the molecule is Nc1cc2ccc1-c1ccnc(n1)Nc1ccc(OCC3CCOC3)c(c1)COCCCCNCOC2. The van der Waals surface area contributed by atoms with Crippen molar-refractivity contribution >= 4 is 17.3 Å². The van der Waals surface area contributed by atoms with Crippen LogP contribution in [0.25, 0.3) is 11.3 Å². The van der Waals surface area contributed by atoms with Crippen molar-refractivity contribution in [2.45, 2.75) is 32.5 Å². The highest BCUT2D eigenvalue weighted by Gasteiger charge is 2.17. The molecule has 9 nitrogen and oxygen atoms in total. The van der Waals surface area contributed by atoms with Crippen molar-refractivity contribution in [3.63, 3.8) is 0 Å². The third-order valence-corrected chi connectivity index (χ3v) is 6.49. The molecule has 3 aliphatic heterocycles. The lowest BCUT2D eigenvalue weighted by Gasteiger charge is -2.16. The van der Waals surface area contributed by atoms with Crippen molar-refractivity contribution < 1.29 is 18.9 Å². The molecule has 9 heteroatoms. The zero-order valence-electron chi connectivity index (χ0n) is 21.1. The van der Waals surface area contributed by atoms with Gasteiger partial charge in [0.1, 0.15) is 5.75 Å². The van der Waals surface area contributed by atoms with Crippen LogP contribution in [-0.4, -0.2) is 49.7 Å². The van der Waals surface area contributed by atoms with E-state index in [1.165, 1.54) is 0 Å². The molecule has 0 spiro atoms. The number of ether oxygens (including phenoxy) is 4. The first-order chi connectivity index (χ1) is 18.2. The van der Waals surface area contributed by atoms with E-state index >= 15 is 0 Å². The molecule has 0 aliphatic carbocycles. The van der Waals surface area contributed by atoms with Crippen LogP contribution in [0.15, 0.2) is 48.7 Å². The molecule has 1 atom stereocenters. The molecular formula is C28H35N5O4. The minimum Gasteiger partial charge on any atom is -0.493 e. The second-order valence-corrected chi connectivity index (χ2v) is 9.43. The van der Waals surface area contributed by atoms with Gasteiger partial charge in [0.05, 0.1) is 38.9 Å². The molecule has 6 rings (SSSR count). The van der Waals surface area contributed by atoms with Gasteiger partial charge in [0.25, 0.3) is 0 Å². The molecule has 1 unspecified atom stereocenters. The molecular weight excluding hydrogens is 470 g/mol. The van der Waals surface area contributed by atoms with Crippen molar-refractivity contribution in [2.75, 3.05) is 50.8 Å². The second kappa shape index (κ2) is 12.8. The van der Waals surface area contributed by atoms with Crippen LogP contribution in [0.5, 0.6) is 5.75 Å². The Morgan fingerprint density at radius 3 is 2.86 bits per heavy atom. The van der Waals surface area contributed by atoms with E-state index in [1.807, 2.05) is 42.5 Å². The van der Waals surface area contributed by atoms with Crippen LogP contribution in [0, 0.1) is 5.92 Å². The van der Waals surface area contributed by atoms with Gasteiger partial charge in [-0.05, 0) is 61.7 Å². The first kappa shape index (κ1) is 25.4. The van der Waals surface area contributed by atoms with E-state index in [-0.39, 0.29) is 0 Å². The highest BCUT2D eigenvalue weighted by molar-refractivity contribution is 5.75. The fourth-order valence-corrected chi connectivity index (χ4v) is 4.42. The Morgan fingerprint density at radius 2 is 1.97 bits per heavy atom. The zero-order valence-corrected chi connectivity index (χ0v) is 21.1. The number of hydrogen-bond donors (Lipinski definition) is 3. The van der Waals surface area contributed by atoms with Gasteiger partial charge in [-0.15, -0.1) is 0 Å². The fraction of sp³-hybridized carbons (Fsp3) is 0.429. The van der Waals surface area contributed by atoms with E-state index in [4.69, 9.17) is 29.7 Å². The molecule has 4 N–H and O–H groups in total. The summed E-state index contributed by atoms with van der Waals surface area (Å²) in [6.07, 6.45) is 4.72. The maximum Gasteiger partial charge on any atom is 0.227 e. The summed E-state index contributed by atoms with van der Waals surface area (Å²) in [5.41, 5.74) is 11.5. The first-order valence-corrected chi connectivity index (χ1v) is 12.9. The van der Waals surface area contributed by atoms with Crippen molar-refractivity contribution in [2.24, 2.45) is 5.92 Å². The Labute approximate surface area is 217 Å². The van der Waals surface area contributed by atoms with Crippen LogP contribution >= 0.6 is 0 Å². The van der Waals surface area contributed by atoms with Gasteiger partial charge >= 0.3 is 0 Å². The quantitative estimate of drug-likeness (QED) is 0.450. The predicted octanol–water partition coefficient (Wildman–Crippen LogP) is 4.26. The highest BCUT2D eigenvalue weighted by atomic mass is 16.5. The minimum atomic E-state index is 0.428. The van der Waals surface area contributed by atoms with Gasteiger partial charge in [-0.3, -0.25) is 5.32 Å². The van der Waals surface area contributed by atoms with Crippen molar-refractivity contribution in [3.05, 3.63) is 59.8 Å². The maximum absolute atomic E-state index is 6.37. The van der Waals surface area contributed by atoms with Crippen molar-refractivity contribution in [1.29, 1.82) is 0 Å². The van der Waals surface area contributed by atoms with Crippen LogP contribution in [0.1, 0.15) is 30.4 Å². The minimum absolute atomic E-state index is 0.428. The third kappa shape index (κ3) is 7.17. The van der Waals surface area contributed by atoms with Gasteiger partial charge in [-0.1, -0.05) is 12.1 Å². The number of nitrogen functional groups attached to an aromatic ring is 1. The topological polar surface area (TPSA) is 113 Å². The molecule has 3 aliphatic rings. The average Bonchev–Trinajstić information content (AvgIpc) is 3.43. The Hall–Kier alpha value is -3.24. The van der Waals surface area contributed by atoms with Gasteiger partial charge in [-0.25, -0.2) is 9.97 Å². The smallest absolute Gasteiger partial charge is 0.227 e. The number of benzene rings is 2. The fourth-order valence-electron chi connectivity index (χ4n) is 4.42. The average molecular weight is 506 g/mol. The highest BCUT2D eigenvalue weighted by Crippen LogP contribution is 2.29. The summed E-state index contributed by atoms with van der Waals surface area (Å²) >= 11 is 0. The van der Waals surface area contributed by atoms with Gasteiger partial charge in [0, 0.05) is 47.8 Å². The van der Waals surface area contributed by atoms with Crippen molar-refractivity contribution in [3.8, 4) is 17.0 Å². The number of nitrogens with two attached hydrogens (primary N) is 1. The lowest BCUT2D eigenvalue weighted by molar-refractivity contribution is 0.0986. The summed E-state index contributed by atoms with van der Waals surface area (Å²) in [6, 6.07) is 13.8. The molecule has 3 aromatic rings. The lowest BCUT2D eigenvalue weighted by Crippen LogP contribution is -2.19. The van der Waals surface area contributed by atoms with Crippen LogP contribution < -0.4 is 21.1 Å². The summed E-state index contributed by atoms with van der Waals surface area (Å²) in [5, 5.41) is 6.65. The monoisotopic (exact) mass is 505 g/mol. The summed E-state index contributed by atoms with van der Waals surface area (Å²) < 4.78 is 23.4. The summed E-state index contributed by atoms with van der Waals surface area (Å²) in [5.74, 6) is 1.75. The molecule has 37 heavy (non-hydrogen) atoms. The molecule has 0 amide bonds.